The van der Waals surface area contributed by atoms with Gasteiger partial charge in [-0.05, 0) is 26.2 Å². The summed E-state index contributed by atoms with van der Waals surface area (Å²) in [4.78, 5) is 18.3. The predicted octanol–water partition coefficient (Wildman–Crippen LogP) is 3.35. The maximum Gasteiger partial charge on any atom is 0.228 e. The van der Waals surface area contributed by atoms with Crippen LogP contribution in [-0.4, -0.2) is 43.0 Å². The van der Waals surface area contributed by atoms with Crippen LogP contribution in [0.1, 0.15) is 13.8 Å². The van der Waals surface area contributed by atoms with Gasteiger partial charge in [0.05, 0.1) is 5.69 Å². The lowest BCUT2D eigenvalue weighted by Gasteiger charge is -2.13. The van der Waals surface area contributed by atoms with Crippen molar-refractivity contribution in [1.82, 2.24) is 9.88 Å². The fourth-order valence-corrected chi connectivity index (χ4v) is 2.56. The monoisotopic (exact) mass is 333 g/mol. The molecule has 0 atom stereocenters. The number of anilines is 1. The molecular formula is C17H23N3O2S. The molecule has 0 aliphatic rings. The van der Waals surface area contributed by atoms with Crippen molar-refractivity contribution in [2.75, 3.05) is 32.6 Å². The molecule has 0 unspecified atom stereocenters. The molecule has 0 aliphatic heterocycles. The number of likely N-dealkylation sites (N-methyl/N-ethyl adjacent to an activating group) is 1. The van der Waals surface area contributed by atoms with Gasteiger partial charge in [-0.3, -0.25) is 4.79 Å². The number of hydrogen-bond acceptors (Lipinski definition) is 5. The van der Waals surface area contributed by atoms with E-state index in [-0.39, 0.29) is 11.8 Å². The van der Waals surface area contributed by atoms with Crippen LogP contribution in [0.5, 0.6) is 5.75 Å². The molecule has 0 saturated carbocycles. The van der Waals surface area contributed by atoms with Gasteiger partial charge in [-0.1, -0.05) is 26.0 Å². The first-order chi connectivity index (χ1) is 11.0. The minimum atomic E-state index is -0.0657. The van der Waals surface area contributed by atoms with Crippen LogP contribution in [-0.2, 0) is 4.79 Å². The number of carbonyl (C=O) groups excluding carboxylic acids is 1. The first kappa shape index (κ1) is 17.4. The van der Waals surface area contributed by atoms with Gasteiger partial charge in [-0.2, -0.15) is 0 Å². The lowest BCUT2D eigenvalue weighted by Crippen LogP contribution is -2.19. The highest BCUT2D eigenvalue weighted by atomic mass is 32.1. The molecule has 124 valence electrons. The average Bonchev–Trinajstić information content (AvgIpc) is 2.95. The molecule has 1 aromatic heterocycles. The van der Waals surface area contributed by atoms with Gasteiger partial charge >= 0.3 is 0 Å². The zero-order chi connectivity index (χ0) is 16.8. The van der Waals surface area contributed by atoms with E-state index in [1.165, 1.54) is 11.3 Å². The van der Waals surface area contributed by atoms with Gasteiger partial charge < -0.3 is 15.0 Å². The number of thiazole rings is 1. The van der Waals surface area contributed by atoms with Crippen LogP contribution in [0.3, 0.4) is 0 Å². The molecule has 1 aromatic carbocycles. The number of rotatable bonds is 7. The summed E-state index contributed by atoms with van der Waals surface area (Å²) in [5.74, 6) is 0.715. The number of aromatic nitrogens is 1. The molecule has 23 heavy (non-hydrogen) atoms. The Labute approximate surface area is 141 Å². The van der Waals surface area contributed by atoms with Gasteiger partial charge in [0.1, 0.15) is 12.4 Å². The molecule has 2 rings (SSSR count). The second-order valence-electron chi connectivity index (χ2n) is 5.83. The van der Waals surface area contributed by atoms with Gasteiger partial charge in [0.25, 0.3) is 0 Å². The summed E-state index contributed by atoms with van der Waals surface area (Å²) in [5, 5.41) is 5.38. The number of para-hydroxylation sites is 1. The van der Waals surface area contributed by atoms with E-state index in [1.54, 1.807) is 0 Å². The number of benzene rings is 1. The molecular weight excluding hydrogens is 310 g/mol. The smallest absolute Gasteiger partial charge is 0.228 e. The fraction of sp³-hybridized carbons (Fsp3) is 0.412. The number of hydrogen-bond donors (Lipinski definition) is 1. The van der Waals surface area contributed by atoms with E-state index >= 15 is 0 Å². The van der Waals surface area contributed by atoms with Crippen LogP contribution in [0.2, 0.25) is 0 Å². The van der Waals surface area contributed by atoms with Gasteiger partial charge in [-0.25, -0.2) is 4.98 Å². The van der Waals surface area contributed by atoms with Crippen molar-refractivity contribution < 1.29 is 9.53 Å². The summed E-state index contributed by atoms with van der Waals surface area (Å²) < 4.78 is 5.87. The van der Waals surface area contributed by atoms with Crippen molar-refractivity contribution in [3.8, 4) is 17.0 Å². The molecule has 1 amide bonds. The van der Waals surface area contributed by atoms with E-state index in [4.69, 9.17) is 4.74 Å². The van der Waals surface area contributed by atoms with Gasteiger partial charge in [0.2, 0.25) is 5.91 Å². The number of amides is 1. The second kappa shape index (κ2) is 8.08. The van der Waals surface area contributed by atoms with Crippen molar-refractivity contribution in [3.63, 3.8) is 0 Å². The van der Waals surface area contributed by atoms with Crippen molar-refractivity contribution >= 4 is 22.4 Å². The Morgan fingerprint density at radius 2 is 2.09 bits per heavy atom. The minimum absolute atomic E-state index is 0.0265. The zero-order valence-corrected chi connectivity index (χ0v) is 14.8. The summed E-state index contributed by atoms with van der Waals surface area (Å²) in [7, 11) is 4.03. The van der Waals surface area contributed by atoms with Crippen LogP contribution in [0.15, 0.2) is 29.6 Å². The first-order valence-corrected chi connectivity index (χ1v) is 8.48. The predicted molar refractivity (Wildman–Crippen MR) is 95.1 cm³/mol. The third-order valence-electron chi connectivity index (χ3n) is 3.22. The van der Waals surface area contributed by atoms with Gasteiger partial charge in [0, 0.05) is 23.4 Å². The quantitative estimate of drug-likeness (QED) is 0.844. The minimum Gasteiger partial charge on any atom is -0.492 e. The molecule has 0 radical (unpaired) electrons. The Kier molecular flexibility index (Phi) is 6.12. The van der Waals surface area contributed by atoms with E-state index in [1.807, 2.05) is 57.6 Å². The highest BCUT2D eigenvalue weighted by molar-refractivity contribution is 7.14. The molecule has 0 saturated heterocycles. The highest BCUT2D eigenvalue weighted by Gasteiger charge is 2.13. The Morgan fingerprint density at radius 1 is 1.35 bits per heavy atom. The first-order valence-electron chi connectivity index (χ1n) is 7.60. The normalized spacial score (nSPS) is 11.0. The van der Waals surface area contributed by atoms with Crippen LogP contribution in [0.25, 0.3) is 11.3 Å². The third-order valence-corrected chi connectivity index (χ3v) is 3.98. The van der Waals surface area contributed by atoms with Crippen molar-refractivity contribution in [1.29, 1.82) is 0 Å². The summed E-state index contributed by atoms with van der Waals surface area (Å²) in [6, 6.07) is 7.83. The molecule has 2 aromatic rings. The molecule has 0 aliphatic carbocycles. The third kappa shape index (κ3) is 5.04. The van der Waals surface area contributed by atoms with Crippen LogP contribution in [0.4, 0.5) is 5.13 Å². The Bertz CT molecular complexity index is 653. The van der Waals surface area contributed by atoms with Crippen LogP contribution < -0.4 is 10.1 Å². The molecule has 0 fully saturated rings. The Hall–Kier alpha value is -1.92. The number of nitrogens with zero attached hydrogens (tertiary/aromatic N) is 2. The second-order valence-corrected chi connectivity index (χ2v) is 6.69. The number of carbonyl (C=O) groups is 1. The standard InChI is InChI=1S/C17H23N3O2S/c1-12(2)16(21)19-17-18-14(11-23-17)13-7-5-6-8-15(13)22-10-9-20(3)4/h5-8,11-12H,9-10H2,1-4H3,(H,18,19,21). The van der Waals surface area contributed by atoms with Crippen molar-refractivity contribution in [3.05, 3.63) is 29.6 Å². The fourth-order valence-electron chi connectivity index (χ4n) is 1.85. The molecule has 0 spiro atoms. The largest absolute Gasteiger partial charge is 0.492 e. The van der Waals surface area contributed by atoms with Crippen LogP contribution >= 0.6 is 11.3 Å². The summed E-state index contributed by atoms with van der Waals surface area (Å²) in [6.45, 7) is 5.18. The lowest BCUT2D eigenvalue weighted by molar-refractivity contribution is -0.118. The van der Waals surface area contributed by atoms with Crippen molar-refractivity contribution in [2.24, 2.45) is 5.92 Å². The topological polar surface area (TPSA) is 54.5 Å². The number of nitrogens with one attached hydrogen (secondary N) is 1. The molecule has 1 N–H and O–H groups in total. The van der Waals surface area contributed by atoms with E-state index in [0.29, 0.717) is 11.7 Å². The molecule has 0 bridgehead atoms. The zero-order valence-electron chi connectivity index (χ0n) is 14.0. The average molecular weight is 333 g/mol. The van der Waals surface area contributed by atoms with Crippen molar-refractivity contribution in [2.45, 2.75) is 13.8 Å². The van der Waals surface area contributed by atoms with Gasteiger partial charge in [-0.15, -0.1) is 11.3 Å². The summed E-state index contributed by atoms with van der Waals surface area (Å²) >= 11 is 1.42. The summed E-state index contributed by atoms with van der Waals surface area (Å²) in [5.41, 5.74) is 1.75. The van der Waals surface area contributed by atoms with E-state index in [9.17, 15) is 4.79 Å². The molecule has 6 heteroatoms. The van der Waals surface area contributed by atoms with E-state index in [0.717, 1.165) is 23.6 Å². The lowest BCUT2D eigenvalue weighted by atomic mass is 10.1. The van der Waals surface area contributed by atoms with E-state index in [2.05, 4.69) is 15.2 Å². The van der Waals surface area contributed by atoms with Gasteiger partial charge in [0.15, 0.2) is 5.13 Å². The molecule has 1 heterocycles. The Morgan fingerprint density at radius 3 is 2.78 bits per heavy atom. The molecule has 5 nitrogen and oxygen atoms in total. The maximum absolute atomic E-state index is 11.8. The van der Waals surface area contributed by atoms with E-state index < -0.39 is 0 Å². The van der Waals surface area contributed by atoms with Crippen LogP contribution in [0, 0.1) is 5.92 Å². The highest BCUT2D eigenvalue weighted by Crippen LogP contribution is 2.32. The number of ether oxygens (including phenoxy) is 1. The maximum atomic E-state index is 11.8. The summed E-state index contributed by atoms with van der Waals surface area (Å²) in [6.07, 6.45) is 0. The Balaban J connectivity index is 2.12. The SMILES string of the molecule is CC(C)C(=O)Nc1nc(-c2ccccc2OCCN(C)C)cs1.